The Morgan fingerprint density at radius 1 is 1.14 bits per heavy atom. The van der Waals surface area contributed by atoms with Crippen LogP contribution in [0.4, 0.5) is 0 Å². The molecule has 1 N–H and O–H groups in total. The fourth-order valence-electron chi connectivity index (χ4n) is 1.08. The number of aryl methyl sites for hydroxylation is 2. The van der Waals surface area contributed by atoms with Crippen LogP contribution in [-0.2, 0) is 6.61 Å². The van der Waals surface area contributed by atoms with E-state index < -0.39 is 0 Å². The number of aromatic nitrogens is 1. The van der Waals surface area contributed by atoms with Crippen LogP contribution in [0.15, 0.2) is 36.5 Å². The van der Waals surface area contributed by atoms with E-state index in [4.69, 9.17) is 5.11 Å². The van der Waals surface area contributed by atoms with E-state index in [9.17, 15) is 0 Å². The van der Waals surface area contributed by atoms with Gasteiger partial charge in [-0.3, -0.25) is 4.98 Å². The first-order chi connectivity index (χ1) is 6.72. The van der Waals surface area contributed by atoms with Crippen LogP contribution in [0.1, 0.15) is 16.8 Å². The van der Waals surface area contributed by atoms with Gasteiger partial charge in [-0.2, -0.15) is 0 Å². The lowest BCUT2D eigenvalue weighted by Crippen LogP contribution is -1.85. The van der Waals surface area contributed by atoms with E-state index in [-0.39, 0.29) is 6.61 Å². The largest absolute Gasteiger partial charge is 0.390 e. The van der Waals surface area contributed by atoms with Gasteiger partial charge in [0.15, 0.2) is 0 Å². The Hall–Kier alpha value is -1.41. The fraction of sp³-hybridized carbons (Fsp3) is 0.250. The minimum atomic E-state index is -0.0291. The average molecular weight is 189 g/mol. The molecule has 2 nitrogen and oxygen atoms in total. The minimum absolute atomic E-state index is 0.0291. The molecule has 0 aliphatic carbocycles. The Balaban J connectivity index is 3.31. The molecule has 0 saturated heterocycles. The van der Waals surface area contributed by atoms with Gasteiger partial charge < -0.3 is 5.11 Å². The highest BCUT2D eigenvalue weighted by atomic mass is 16.3. The van der Waals surface area contributed by atoms with Gasteiger partial charge in [-0.05, 0) is 31.0 Å². The monoisotopic (exact) mass is 189 g/mol. The summed E-state index contributed by atoms with van der Waals surface area (Å²) in [6.07, 6.45) is 1.75. The SMILES string of the molecule is Cc1ccccc(C)cc(CO)nc1. The molecule has 0 atom stereocenters. The highest BCUT2D eigenvalue weighted by molar-refractivity contribution is 5.14. The van der Waals surface area contributed by atoms with Crippen LogP contribution in [0, 0.1) is 13.8 Å². The van der Waals surface area contributed by atoms with Crippen LogP contribution in [0.2, 0.25) is 0 Å². The standard InChI is InChI=1S/C12H15NO/c1-10-5-3-4-6-11(2)8-13-12(7-10)9-14/h3-8,14H,9H2,1-2H3. The number of aliphatic hydroxyl groups excluding tert-OH is 1. The number of nitrogens with zero attached hydrogens (tertiary/aromatic N) is 1. The molecule has 0 radical (unpaired) electrons. The molecule has 0 unspecified atom stereocenters. The summed E-state index contributed by atoms with van der Waals surface area (Å²) in [6.45, 7) is 3.92. The van der Waals surface area contributed by atoms with Gasteiger partial charge >= 0.3 is 0 Å². The Bertz CT molecular complexity index is 360. The smallest absolute Gasteiger partial charge is 0.0853 e. The number of rotatable bonds is 1. The maximum Gasteiger partial charge on any atom is 0.0853 e. The summed E-state index contributed by atoms with van der Waals surface area (Å²) >= 11 is 0. The predicted octanol–water partition coefficient (Wildman–Crippen LogP) is 2.32. The lowest BCUT2D eigenvalue weighted by Gasteiger charge is -1.92. The van der Waals surface area contributed by atoms with Crippen LogP contribution in [-0.4, -0.2) is 10.1 Å². The molecular formula is C12H15NO. The zero-order chi connectivity index (χ0) is 10.4. The van der Waals surface area contributed by atoms with E-state index in [1.165, 1.54) is 0 Å². The Morgan fingerprint density at radius 2 is 1.79 bits per heavy atom. The zero-order valence-electron chi connectivity index (χ0n) is 8.57. The average Bonchev–Trinajstić information content (AvgIpc) is 2.18. The van der Waals surface area contributed by atoms with Crippen molar-refractivity contribution < 1.29 is 5.11 Å². The van der Waals surface area contributed by atoms with Gasteiger partial charge in [0.1, 0.15) is 0 Å². The number of hydrogen-bond donors (Lipinski definition) is 1. The van der Waals surface area contributed by atoms with Crippen LogP contribution in [0.5, 0.6) is 0 Å². The molecule has 74 valence electrons. The fourth-order valence-corrected chi connectivity index (χ4v) is 1.08. The third kappa shape index (κ3) is 3.54. The van der Waals surface area contributed by atoms with E-state index in [1.807, 2.05) is 44.2 Å². The quantitative estimate of drug-likeness (QED) is 0.735. The van der Waals surface area contributed by atoms with E-state index in [0.29, 0.717) is 5.69 Å². The molecule has 0 amide bonds. The van der Waals surface area contributed by atoms with Crippen molar-refractivity contribution in [3.8, 4) is 0 Å². The molecule has 0 aliphatic heterocycles. The molecule has 0 fully saturated rings. The molecule has 1 aromatic rings. The van der Waals surface area contributed by atoms with Crippen molar-refractivity contribution in [3.63, 3.8) is 0 Å². The van der Waals surface area contributed by atoms with Crippen molar-refractivity contribution in [2.24, 2.45) is 0 Å². The van der Waals surface area contributed by atoms with Gasteiger partial charge in [0, 0.05) is 6.20 Å². The van der Waals surface area contributed by atoms with E-state index in [0.717, 1.165) is 11.1 Å². The summed E-state index contributed by atoms with van der Waals surface area (Å²) in [5.74, 6) is 0. The molecule has 14 heavy (non-hydrogen) atoms. The zero-order valence-corrected chi connectivity index (χ0v) is 8.57. The minimum Gasteiger partial charge on any atom is -0.390 e. The summed E-state index contributed by atoms with van der Waals surface area (Å²) in [4.78, 5) is 4.18. The van der Waals surface area contributed by atoms with Gasteiger partial charge in [-0.15, -0.1) is 0 Å². The second-order valence-electron chi connectivity index (χ2n) is 3.26. The van der Waals surface area contributed by atoms with Crippen LogP contribution < -0.4 is 0 Å². The first-order valence-corrected chi connectivity index (χ1v) is 4.59. The van der Waals surface area contributed by atoms with Gasteiger partial charge in [-0.1, -0.05) is 24.3 Å². The second kappa shape index (κ2) is 5.35. The molecule has 2 heteroatoms. The molecule has 0 aromatic carbocycles. The van der Waals surface area contributed by atoms with Crippen molar-refractivity contribution in [3.05, 3.63) is 53.3 Å². The van der Waals surface area contributed by atoms with Gasteiger partial charge in [0.2, 0.25) is 0 Å². The molecule has 1 rings (SSSR count). The lowest BCUT2D eigenvalue weighted by atomic mass is 10.2. The Morgan fingerprint density at radius 3 is 2.43 bits per heavy atom. The maximum atomic E-state index is 9.03. The van der Waals surface area contributed by atoms with Gasteiger partial charge in [-0.25, -0.2) is 0 Å². The number of hydrogen-bond acceptors (Lipinski definition) is 2. The molecular weight excluding hydrogens is 174 g/mol. The van der Waals surface area contributed by atoms with E-state index >= 15 is 0 Å². The maximum absolute atomic E-state index is 9.03. The molecule has 0 spiro atoms. The first kappa shape index (κ1) is 10.7. The van der Waals surface area contributed by atoms with Gasteiger partial charge in [0.05, 0.1) is 12.3 Å². The molecule has 1 aromatic heterocycles. The van der Waals surface area contributed by atoms with Crippen molar-refractivity contribution in [1.82, 2.24) is 4.98 Å². The van der Waals surface area contributed by atoms with Crippen molar-refractivity contribution in [2.45, 2.75) is 20.5 Å². The molecule has 0 saturated carbocycles. The topological polar surface area (TPSA) is 33.1 Å². The third-order valence-electron chi connectivity index (χ3n) is 1.82. The molecule has 0 bridgehead atoms. The summed E-state index contributed by atoms with van der Waals surface area (Å²) in [6, 6.07) is 9.79. The van der Waals surface area contributed by atoms with E-state index in [2.05, 4.69) is 4.98 Å². The highest BCUT2D eigenvalue weighted by Gasteiger charge is 1.87. The lowest BCUT2D eigenvalue weighted by molar-refractivity contribution is 0.277. The van der Waals surface area contributed by atoms with Crippen LogP contribution >= 0.6 is 0 Å². The first-order valence-electron chi connectivity index (χ1n) is 4.59. The van der Waals surface area contributed by atoms with Crippen molar-refractivity contribution >= 4 is 0 Å². The summed E-state index contributed by atoms with van der Waals surface area (Å²) in [5, 5.41) is 9.03. The predicted molar refractivity (Wildman–Crippen MR) is 57.3 cm³/mol. The van der Waals surface area contributed by atoms with Crippen molar-refractivity contribution in [2.75, 3.05) is 0 Å². The Kier molecular flexibility index (Phi) is 4.08. The summed E-state index contributed by atoms with van der Waals surface area (Å²) in [7, 11) is 0. The van der Waals surface area contributed by atoms with Gasteiger partial charge in [0.25, 0.3) is 0 Å². The van der Waals surface area contributed by atoms with Crippen molar-refractivity contribution in [1.29, 1.82) is 0 Å². The molecule has 1 heterocycles. The number of aliphatic hydroxyl groups is 1. The molecule has 0 aliphatic rings. The van der Waals surface area contributed by atoms with Crippen LogP contribution in [0.3, 0.4) is 0 Å². The summed E-state index contributed by atoms with van der Waals surface area (Å²) < 4.78 is 0. The summed E-state index contributed by atoms with van der Waals surface area (Å²) in [5.41, 5.74) is 2.82. The normalized spacial score (nSPS) is 9.36. The van der Waals surface area contributed by atoms with Crippen LogP contribution in [0.25, 0.3) is 0 Å². The van der Waals surface area contributed by atoms with E-state index in [1.54, 1.807) is 6.20 Å². The Labute approximate surface area is 84.6 Å². The third-order valence-corrected chi connectivity index (χ3v) is 1.82. The second-order valence-corrected chi connectivity index (χ2v) is 3.26. The highest BCUT2D eigenvalue weighted by Crippen LogP contribution is 1.97.